The van der Waals surface area contributed by atoms with Crippen LogP contribution in [0.2, 0.25) is 0 Å². The highest BCUT2D eigenvalue weighted by atomic mass is 32.1. The van der Waals surface area contributed by atoms with Crippen molar-refractivity contribution in [2.75, 3.05) is 34.0 Å². The van der Waals surface area contributed by atoms with Crippen LogP contribution in [0.5, 0.6) is 23.0 Å². The number of allylic oxidation sites excluding steroid dienone is 1. The number of hydrogen-bond acceptors (Lipinski definition) is 11. The molecule has 0 spiro atoms. The van der Waals surface area contributed by atoms with Crippen molar-refractivity contribution in [3.63, 3.8) is 0 Å². The number of rotatable bonds is 13. The largest absolute Gasteiger partial charge is 0.493 e. The quantitative estimate of drug-likeness (QED) is 0.145. The molecular formula is C40H38N2O9S. The fourth-order valence-electron chi connectivity index (χ4n) is 6.06. The van der Waals surface area contributed by atoms with E-state index in [4.69, 9.17) is 33.4 Å². The molecule has 52 heavy (non-hydrogen) atoms. The molecule has 0 aliphatic carbocycles. The number of para-hydroxylation sites is 1. The number of nitrogens with zero attached hydrogens (tertiary/aromatic N) is 2. The number of benzene rings is 4. The number of carbonyl (C=O) groups excluding carboxylic acids is 2. The molecule has 1 aromatic heterocycles. The summed E-state index contributed by atoms with van der Waals surface area (Å²) >= 11 is 1.19. The van der Waals surface area contributed by atoms with Gasteiger partial charge in [-0.3, -0.25) is 9.36 Å². The Morgan fingerprint density at radius 2 is 1.67 bits per heavy atom. The molecule has 11 nitrogen and oxygen atoms in total. The molecule has 0 bridgehead atoms. The molecule has 12 heteroatoms. The summed E-state index contributed by atoms with van der Waals surface area (Å²) in [4.78, 5) is 44.8. The van der Waals surface area contributed by atoms with Gasteiger partial charge in [0.25, 0.3) is 5.56 Å². The first-order valence-corrected chi connectivity index (χ1v) is 17.5. The van der Waals surface area contributed by atoms with Gasteiger partial charge in [-0.05, 0) is 66.9 Å². The van der Waals surface area contributed by atoms with Gasteiger partial charge in [0.1, 0.15) is 6.61 Å². The fraction of sp³-hybridized carbons (Fsp3) is 0.250. The van der Waals surface area contributed by atoms with Crippen molar-refractivity contribution in [3.05, 3.63) is 127 Å². The van der Waals surface area contributed by atoms with Gasteiger partial charge in [0.05, 0.1) is 49.3 Å². The van der Waals surface area contributed by atoms with Crippen LogP contribution in [0, 0.1) is 0 Å². The van der Waals surface area contributed by atoms with Gasteiger partial charge in [0, 0.05) is 5.56 Å². The van der Waals surface area contributed by atoms with E-state index in [0.29, 0.717) is 55.8 Å². The molecule has 4 aromatic carbocycles. The molecule has 1 aliphatic heterocycles. The van der Waals surface area contributed by atoms with Crippen LogP contribution in [0.3, 0.4) is 0 Å². The van der Waals surface area contributed by atoms with E-state index in [1.165, 1.54) is 23.0 Å². The van der Waals surface area contributed by atoms with Crippen molar-refractivity contribution in [1.82, 2.24) is 4.57 Å². The van der Waals surface area contributed by atoms with E-state index in [2.05, 4.69) is 18.2 Å². The number of carbonyl (C=O) groups is 2. The summed E-state index contributed by atoms with van der Waals surface area (Å²) < 4.78 is 35.7. The highest BCUT2D eigenvalue weighted by Gasteiger charge is 2.34. The monoisotopic (exact) mass is 722 g/mol. The third-order valence-corrected chi connectivity index (χ3v) is 9.42. The molecule has 268 valence electrons. The first-order chi connectivity index (χ1) is 25.3. The summed E-state index contributed by atoms with van der Waals surface area (Å²) in [6.07, 6.45) is 1.75. The van der Waals surface area contributed by atoms with Crippen LogP contribution in [-0.2, 0) is 25.7 Å². The molecule has 1 atom stereocenters. The maximum atomic E-state index is 14.4. The fourth-order valence-corrected chi connectivity index (χ4v) is 7.09. The van der Waals surface area contributed by atoms with E-state index in [-0.39, 0.29) is 31.0 Å². The first-order valence-electron chi connectivity index (χ1n) is 16.7. The van der Waals surface area contributed by atoms with E-state index in [1.807, 2.05) is 43.3 Å². The molecule has 0 unspecified atom stereocenters. The number of ether oxygens (including phenoxy) is 6. The maximum absolute atomic E-state index is 14.4. The van der Waals surface area contributed by atoms with Gasteiger partial charge < -0.3 is 28.4 Å². The molecule has 0 saturated heterocycles. The summed E-state index contributed by atoms with van der Waals surface area (Å²) in [6.45, 7) is 5.62. The molecule has 0 fully saturated rings. The minimum atomic E-state index is -0.904. The zero-order chi connectivity index (χ0) is 36.8. The van der Waals surface area contributed by atoms with Crippen molar-refractivity contribution in [2.45, 2.75) is 33.4 Å². The Bertz CT molecular complexity index is 2350. The molecule has 6 rings (SSSR count). The Labute approximate surface area is 304 Å². The second-order valence-corrected chi connectivity index (χ2v) is 12.6. The summed E-state index contributed by atoms with van der Waals surface area (Å²) in [7, 11) is 2.84. The number of thiazole rings is 1. The van der Waals surface area contributed by atoms with Crippen molar-refractivity contribution >= 4 is 40.1 Å². The SMILES string of the molecule is CCOC(=O)C1=C(C)N=c2s/c(=C/c3cccc(OC)c3OCc3cccc4ccccc34)c(=O)n2[C@@H]1c1ccc(OCC(=O)OC)c(OCC)c1. The lowest BCUT2D eigenvalue weighted by Gasteiger charge is -2.25. The predicted molar refractivity (Wildman–Crippen MR) is 197 cm³/mol. The second kappa shape index (κ2) is 16.0. The van der Waals surface area contributed by atoms with Gasteiger partial charge in [-0.25, -0.2) is 14.6 Å². The van der Waals surface area contributed by atoms with Crippen LogP contribution >= 0.6 is 11.3 Å². The minimum absolute atomic E-state index is 0.134. The van der Waals surface area contributed by atoms with Crippen molar-refractivity contribution in [1.29, 1.82) is 0 Å². The van der Waals surface area contributed by atoms with Gasteiger partial charge in [0.15, 0.2) is 34.4 Å². The van der Waals surface area contributed by atoms with E-state index in [0.717, 1.165) is 16.3 Å². The van der Waals surface area contributed by atoms with E-state index in [1.54, 1.807) is 51.3 Å². The van der Waals surface area contributed by atoms with Crippen LogP contribution in [0.15, 0.2) is 99.9 Å². The summed E-state index contributed by atoms with van der Waals surface area (Å²) in [5, 5.41) is 2.19. The molecule has 0 N–H and O–H groups in total. The first kappa shape index (κ1) is 35.9. The molecule has 0 saturated carbocycles. The highest BCUT2D eigenvalue weighted by molar-refractivity contribution is 7.07. The van der Waals surface area contributed by atoms with Crippen LogP contribution in [0.1, 0.15) is 43.5 Å². The number of esters is 2. The smallest absolute Gasteiger partial charge is 0.343 e. The summed E-state index contributed by atoms with van der Waals surface area (Å²) in [5.41, 5.74) is 2.46. The lowest BCUT2D eigenvalue weighted by Crippen LogP contribution is -2.40. The number of fused-ring (bicyclic) bond motifs is 2. The highest BCUT2D eigenvalue weighted by Crippen LogP contribution is 2.37. The molecule has 0 radical (unpaired) electrons. The van der Waals surface area contributed by atoms with Gasteiger partial charge in [-0.15, -0.1) is 0 Å². The summed E-state index contributed by atoms with van der Waals surface area (Å²) in [5.74, 6) is 0.471. The lowest BCUT2D eigenvalue weighted by atomic mass is 9.95. The standard InChI is InChI=1S/C40H38N2O9S/c1-6-48-32-20-26(18-19-30(32)50-23-34(43)47-5)36-35(39(45)49-7-2)24(3)41-40-42(36)38(44)33(52-40)21-27-14-11-17-31(46-4)37(27)51-22-28-15-10-13-25-12-8-9-16-29(25)28/h8-21,36H,6-7,22-23H2,1-5H3/b33-21+/t36-/m1/s1. The number of hydrogen-bond donors (Lipinski definition) is 0. The van der Waals surface area contributed by atoms with Crippen molar-refractivity contribution in [3.8, 4) is 23.0 Å². The van der Waals surface area contributed by atoms with Crippen LogP contribution in [-0.4, -0.2) is 50.5 Å². The third kappa shape index (κ3) is 7.28. The van der Waals surface area contributed by atoms with Gasteiger partial charge in [-0.1, -0.05) is 72.0 Å². The van der Waals surface area contributed by atoms with Crippen molar-refractivity contribution in [2.24, 2.45) is 4.99 Å². The van der Waals surface area contributed by atoms with Gasteiger partial charge in [-0.2, -0.15) is 0 Å². The maximum Gasteiger partial charge on any atom is 0.343 e. The van der Waals surface area contributed by atoms with E-state index in [9.17, 15) is 14.4 Å². The topological polar surface area (TPSA) is 124 Å². The normalized spacial score (nSPS) is 14.0. The molecule has 5 aromatic rings. The lowest BCUT2D eigenvalue weighted by molar-refractivity contribution is -0.143. The zero-order valence-electron chi connectivity index (χ0n) is 29.5. The Morgan fingerprint density at radius 1 is 0.885 bits per heavy atom. The third-order valence-electron chi connectivity index (χ3n) is 8.44. The van der Waals surface area contributed by atoms with E-state index >= 15 is 0 Å². The number of aromatic nitrogens is 1. The summed E-state index contributed by atoms with van der Waals surface area (Å²) in [6, 6.07) is 23.8. The Kier molecular flexibility index (Phi) is 11.0. The van der Waals surface area contributed by atoms with Gasteiger partial charge in [0.2, 0.25) is 0 Å². The van der Waals surface area contributed by atoms with Crippen LogP contribution in [0.25, 0.3) is 16.8 Å². The van der Waals surface area contributed by atoms with Crippen LogP contribution in [0.4, 0.5) is 0 Å². The molecule has 0 amide bonds. The molecular weight excluding hydrogens is 685 g/mol. The zero-order valence-corrected chi connectivity index (χ0v) is 30.3. The average molecular weight is 723 g/mol. The number of methoxy groups -OCH3 is 2. The Balaban J connectivity index is 1.45. The second-order valence-electron chi connectivity index (χ2n) is 11.6. The van der Waals surface area contributed by atoms with Crippen molar-refractivity contribution < 1.29 is 38.0 Å². The Hall–Kier alpha value is -5.88. The van der Waals surface area contributed by atoms with Crippen LogP contribution < -0.4 is 33.8 Å². The minimum Gasteiger partial charge on any atom is -0.493 e. The average Bonchev–Trinajstić information content (AvgIpc) is 3.46. The van der Waals surface area contributed by atoms with E-state index < -0.39 is 18.0 Å². The predicted octanol–water partition coefficient (Wildman–Crippen LogP) is 5.49. The molecule has 2 heterocycles. The molecule has 1 aliphatic rings. The van der Waals surface area contributed by atoms with Gasteiger partial charge >= 0.3 is 11.9 Å². The Morgan fingerprint density at radius 3 is 2.44 bits per heavy atom.